The molecular weight excluding hydrogens is 526 g/mol. The Balaban J connectivity index is 1.76. The maximum Gasteiger partial charge on any atom is 0.271 e. The van der Waals surface area contributed by atoms with Crippen molar-refractivity contribution in [1.82, 2.24) is 0 Å². The molecule has 1 fully saturated rings. The molecule has 2 atom stereocenters. The van der Waals surface area contributed by atoms with E-state index in [-0.39, 0.29) is 23.7 Å². The molecule has 0 saturated carbocycles. The maximum absolute atomic E-state index is 14.5. The predicted molar refractivity (Wildman–Crippen MR) is 148 cm³/mol. The maximum atomic E-state index is 14.5. The van der Waals surface area contributed by atoms with Gasteiger partial charge >= 0.3 is 0 Å². The Kier molecular flexibility index (Phi) is 6.19. The van der Waals surface area contributed by atoms with Crippen molar-refractivity contribution in [2.75, 3.05) is 9.80 Å². The summed E-state index contributed by atoms with van der Waals surface area (Å²) in [5.74, 6) is -0.829. The monoisotopic (exact) mass is 551 g/mol. The van der Waals surface area contributed by atoms with Gasteiger partial charge < -0.3 is 4.90 Å². The molecule has 3 aromatic rings. The highest BCUT2D eigenvalue weighted by atomic mass is 35.5. The van der Waals surface area contributed by atoms with Crippen LogP contribution < -0.4 is 9.80 Å². The lowest BCUT2D eigenvalue weighted by Gasteiger charge is -2.32. The Hall–Kier alpha value is -3.56. The van der Waals surface area contributed by atoms with Crippen molar-refractivity contribution >= 4 is 51.3 Å². The van der Waals surface area contributed by atoms with Gasteiger partial charge in [0.25, 0.3) is 11.6 Å². The topological polar surface area (TPSA) is 101 Å². The van der Waals surface area contributed by atoms with E-state index in [4.69, 9.17) is 11.6 Å². The number of anilines is 2. The number of carbonyl (C=O) groups excluding carboxylic acids is 2. The van der Waals surface area contributed by atoms with E-state index in [0.29, 0.717) is 16.4 Å². The Morgan fingerprint density at radius 2 is 1.61 bits per heavy atom. The summed E-state index contributed by atoms with van der Waals surface area (Å²) in [4.78, 5) is 40.4. The Labute approximate surface area is 227 Å². The highest BCUT2D eigenvalue weighted by molar-refractivity contribution is 7.90. The molecule has 2 aliphatic heterocycles. The van der Waals surface area contributed by atoms with Gasteiger partial charge in [-0.1, -0.05) is 49.7 Å². The fourth-order valence-corrected chi connectivity index (χ4v) is 7.23. The first-order valence-corrected chi connectivity index (χ1v) is 13.7. The molecule has 2 unspecified atom stereocenters. The van der Waals surface area contributed by atoms with Crippen LogP contribution in [0.3, 0.4) is 0 Å². The standard InChI is InChI=1S/C28H26ClN3O5S/c1-17(2)19-7-11-21(12-8-19)31-25(33)27(3,4)38(37)28(31)23-15-22(32(35)36)13-14-24(23)30(26(28)34)16-18-5-9-20(29)10-6-18/h5-15,17H,16H2,1-4H3. The summed E-state index contributed by atoms with van der Waals surface area (Å²) in [7, 11) is -2.10. The Morgan fingerprint density at radius 1 is 0.974 bits per heavy atom. The summed E-state index contributed by atoms with van der Waals surface area (Å²) < 4.78 is 12.9. The second-order valence-electron chi connectivity index (χ2n) is 10.3. The van der Waals surface area contributed by atoms with Crippen molar-refractivity contribution in [3.63, 3.8) is 0 Å². The SMILES string of the molecule is CC(C)c1ccc(N2C(=O)C(C)(C)S(=O)C23C(=O)N(Cc2ccc(Cl)cc2)c2ccc([N+](=O)[O-])cc23)cc1. The lowest BCUT2D eigenvalue weighted by atomic mass is 10.00. The Bertz CT molecular complexity index is 1500. The smallest absolute Gasteiger partial charge is 0.271 e. The largest absolute Gasteiger partial charge is 0.304 e. The second-order valence-corrected chi connectivity index (χ2v) is 12.9. The summed E-state index contributed by atoms with van der Waals surface area (Å²) in [5.41, 5.74) is 2.49. The zero-order valence-corrected chi connectivity index (χ0v) is 22.9. The van der Waals surface area contributed by atoms with E-state index < -0.39 is 37.2 Å². The van der Waals surface area contributed by atoms with Crippen LogP contribution in [0.15, 0.2) is 66.7 Å². The molecule has 2 heterocycles. The van der Waals surface area contributed by atoms with Gasteiger partial charge in [0.1, 0.15) is 4.75 Å². The van der Waals surface area contributed by atoms with Crippen LogP contribution in [0.2, 0.25) is 5.02 Å². The van der Waals surface area contributed by atoms with Gasteiger partial charge in [-0.3, -0.25) is 28.8 Å². The first-order valence-electron chi connectivity index (χ1n) is 12.1. The molecule has 2 amide bonds. The average Bonchev–Trinajstić information content (AvgIpc) is 3.21. The molecule has 0 radical (unpaired) electrons. The van der Waals surface area contributed by atoms with Crippen molar-refractivity contribution in [2.45, 2.75) is 49.8 Å². The van der Waals surface area contributed by atoms with Crippen molar-refractivity contribution in [3.05, 3.63) is 98.6 Å². The number of hydrogen-bond acceptors (Lipinski definition) is 5. The van der Waals surface area contributed by atoms with Crippen molar-refractivity contribution < 1.29 is 18.7 Å². The fourth-order valence-electron chi connectivity index (χ4n) is 5.13. The molecule has 1 saturated heterocycles. The van der Waals surface area contributed by atoms with Gasteiger partial charge in [-0.05, 0) is 61.2 Å². The van der Waals surface area contributed by atoms with E-state index in [1.165, 1.54) is 28.0 Å². The normalized spacial score (nSPS) is 22.0. The lowest BCUT2D eigenvalue weighted by Crippen LogP contribution is -2.52. The zero-order chi connectivity index (χ0) is 27.6. The van der Waals surface area contributed by atoms with Crippen molar-refractivity contribution in [1.29, 1.82) is 0 Å². The molecule has 3 aromatic carbocycles. The molecule has 8 nitrogen and oxygen atoms in total. The van der Waals surface area contributed by atoms with E-state index >= 15 is 0 Å². The number of hydrogen-bond donors (Lipinski definition) is 0. The van der Waals surface area contributed by atoms with Gasteiger partial charge in [-0.25, -0.2) is 0 Å². The third kappa shape index (κ3) is 3.67. The molecule has 5 rings (SSSR count). The zero-order valence-electron chi connectivity index (χ0n) is 21.3. The van der Waals surface area contributed by atoms with Crippen molar-refractivity contribution in [3.8, 4) is 0 Å². The minimum Gasteiger partial charge on any atom is -0.304 e. The van der Waals surface area contributed by atoms with Crippen LogP contribution in [0, 0.1) is 10.1 Å². The van der Waals surface area contributed by atoms with E-state index in [2.05, 4.69) is 0 Å². The number of nitro groups is 1. The first-order chi connectivity index (χ1) is 17.9. The number of rotatable bonds is 5. The molecule has 2 aliphatic rings. The lowest BCUT2D eigenvalue weighted by molar-refractivity contribution is -0.384. The molecule has 0 bridgehead atoms. The minimum atomic E-state index is -2.10. The van der Waals surface area contributed by atoms with E-state index in [1.54, 1.807) is 50.2 Å². The fraction of sp³-hybridized carbons (Fsp3) is 0.286. The molecule has 196 valence electrons. The Morgan fingerprint density at radius 3 is 2.18 bits per heavy atom. The van der Waals surface area contributed by atoms with Crippen LogP contribution in [0.4, 0.5) is 17.1 Å². The molecule has 0 N–H and O–H groups in total. The number of nitro benzene ring substituents is 1. The number of benzene rings is 3. The van der Waals surface area contributed by atoms with E-state index in [0.717, 1.165) is 11.1 Å². The van der Waals surface area contributed by atoms with Gasteiger partial charge in [-0.15, -0.1) is 0 Å². The summed E-state index contributed by atoms with van der Waals surface area (Å²) in [6.07, 6.45) is 0. The highest BCUT2D eigenvalue weighted by Gasteiger charge is 2.71. The first kappa shape index (κ1) is 26.1. The second kappa shape index (κ2) is 9.03. The third-order valence-electron chi connectivity index (χ3n) is 7.22. The van der Waals surface area contributed by atoms with Crippen LogP contribution in [0.1, 0.15) is 50.3 Å². The predicted octanol–water partition coefficient (Wildman–Crippen LogP) is 5.65. The average molecular weight is 552 g/mol. The van der Waals surface area contributed by atoms with Crippen LogP contribution in [0.5, 0.6) is 0 Å². The van der Waals surface area contributed by atoms with Crippen LogP contribution in [-0.2, 0) is 31.8 Å². The van der Waals surface area contributed by atoms with Gasteiger partial charge in [0.2, 0.25) is 10.8 Å². The number of fused-ring (bicyclic) bond motifs is 2. The molecule has 0 aliphatic carbocycles. The molecule has 38 heavy (non-hydrogen) atoms. The number of carbonyl (C=O) groups is 2. The summed E-state index contributed by atoms with van der Waals surface area (Å²) >= 11 is 6.04. The van der Waals surface area contributed by atoms with Gasteiger partial charge in [0, 0.05) is 28.4 Å². The quantitative estimate of drug-likeness (QED) is 0.301. The van der Waals surface area contributed by atoms with E-state index in [1.807, 2.05) is 26.0 Å². The summed E-state index contributed by atoms with van der Waals surface area (Å²) in [6, 6.07) is 18.2. The van der Waals surface area contributed by atoms with Crippen LogP contribution in [0.25, 0.3) is 0 Å². The summed E-state index contributed by atoms with van der Waals surface area (Å²) in [6.45, 7) is 7.28. The number of amides is 2. The highest BCUT2D eigenvalue weighted by Crippen LogP contribution is 2.56. The molecule has 1 spiro atoms. The number of halogens is 1. The van der Waals surface area contributed by atoms with Gasteiger partial charge in [0.15, 0.2) is 0 Å². The van der Waals surface area contributed by atoms with E-state index in [9.17, 15) is 23.9 Å². The molecular formula is C28H26ClN3O5S. The van der Waals surface area contributed by atoms with Crippen LogP contribution in [-0.4, -0.2) is 25.7 Å². The summed E-state index contributed by atoms with van der Waals surface area (Å²) in [5, 5.41) is 12.3. The molecule has 10 heteroatoms. The van der Waals surface area contributed by atoms with Crippen molar-refractivity contribution in [2.24, 2.45) is 0 Å². The van der Waals surface area contributed by atoms with Crippen LogP contribution >= 0.6 is 11.6 Å². The number of non-ortho nitro benzene ring substituents is 1. The minimum absolute atomic E-state index is 0.106. The molecule has 0 aromatic heterocycles. The van der Waals surface area contributed by atoms with Gasteiger partial charge in [0.05, 0.1) is 28.0 Å². The van der Waals surface area contributed by atoms with Gasteiger partial charge in [-0.2, -0.15) is 0 Å². The number of nitrogens with zero attached hydrogens (tertiary/aromatic N) is 3. The third-order valence-corrected chi connectivity index (χ3v) is 9.69.